The summed E-state index contributed by atoms with van der Waals surface area (Å²) >= 11 is 5.74. The van der Waals surface area contributed by atoms with Crippen molar-refractivity contribution in [3.8, 4) is 0 Å². The summed E-state index contributed by atoms with van der Waals surface area (Å²) in [5.74, 6) is -0.913. The fourth-order valence-electron chi connectivity index (χ4n) is 1.80. The summed E-state index contributed by atoms with van der Waals surface area (Å²) in [6.07, 6.45) is 1.25. The highest BCUT2D eigenvalue weighted by molar-refractivity contribution is 6.28. The minimum Gasteiger partial charge on any atom is -0.456 e. The topological polar surface area (TPSA) is 107 Å². The predicted molar refractivity (Wildman–Crippen MR) is 90.5 cm³/mol. The Kier molecular flexibility index (Phi) is 5.04. The molecule has 24 heavy (non-hydrogen) atoms. The molecule has 3 N–H and O–H groups in total. The fraction of sp³-hybridized carbons (Fsp3) is 0.250. The van der Waals surface area contributed by atoms with E-state index >= 15 is 0 Å². The maximum Gasteiger partial charge on any atom is 0.338 e. The van der Waals surface area contributed by atoms with Crippen LogP contribution in [0, 0.1) is 0 Å². The third-order valence-electron chi connectivity index (χ3n) is 2.81. The molecule has 0 radical (unpaired) electrons. The predicted octanol–water partition coefficient (Wildman–Crippen LogP) is 2.93. The number of hydrogen-bond acceptors (Lipinski definition) is 6. The number of benzene rings is 1. The molecule has 1 aromatic carbocycles. The molecule has 0 aliphatic rings. The first-order valence-corrected chi connectivity index (χ1v) is 7.46. The van der Waals surface area contributed by atoms with Gasteiger partial charge < -0.3 is 15.8 Å². The standard InChI is InChI=1S/C16H17ClN4O3/c1-16(2,3)24-14(23)9-4-6-10(7-5-9)20-13-11(12(18)22)8-19-15(17)21-13/h4-8H,1-3H3,(H2,18,22)(H,19,20,21). The average Bonchev–Trinajstić information content (AvgIpc) is 2.46. The largest absolute Gasteiger partial charge is 0.456 e. The Morgan fingerprint density at radius 2 is 1.83 bits per heavy atom. The number of halogens is 1. The van der Waals surface area contributed by atoms with Gasteiger partial charge in [-0.2, -0.15) is 4.98 Å². The van der Waals surface area contributed by atoms with Crippen molar-refractivity contribution < 1.29 is 14.3 Å². The van der Waals surface area contributed by atoms with E-state index < -0.39 is 17.5 Å². The van der Waals surface area contributed by atoms with Gasteiger partial charge in [-0.05, 0) is 56.6 Å². The molecule has 0 bridgehead atoms. The zero-order valence-electron chi connectivity index (χ0n) is 13.5. The number of esters is 1. The van der Waals surface area contributed by atoms with Gasteiger partial charge in [0.2, 0.25) is 5.28 Å². The third kappa shape index (κ3) is 4.66. The van der Waals surface area contributed by atoms with Crippen LogP contribution in [0.2, 0.25) is 5.28 Å². The number of anilines is 2. The van der Waals surface area contributed by atoms with E-state index in [9.17, 15) is 9.59 Å². The van der Waals surface area contributed by atoms with Gasteiger partial charge >= 0.3 is 5.97 Å². The Labute approximate surface area is 144 Å². The molecule has 0 atom stereocenters. The maximum atomic E-state index is 12.0. The van der Waals surface area contributed by atoms with Crippen molar-refractivity contribution in [2.45, 2.75) is 26.4 Å². The molecule has 0 saturated carbocycles. The van der Waals surface area contributed by atoms with Crippen LogP contribution in [0.4, 0.5) is 11.5 Å². The zero-order valence-corrected chi connectivity index (χ0v) is 14.2. The number of hydrogen-bond donors (Lipinski definition) is 2. The maximum absolute atomic E-state index is 12.0. The highest BCUT2D eigenvalue weighted by atomic mass is 35.5. The molecular weight excluding hydrogens is 332 g/mol. The second-order valence-electron chi connectivity index (χ2n) is 5.97. The summed E-state index contributed by atoms with van der Waals surface area (Å²) < 4.78 is 5.29. The summed E-state index contributed by atoms with van der Waals surface area (Å²) in [4.78, 5) is 31.0. The van der Waals surface area contributed by atoms with Gasteiger partial charge in [0.1, 0.15) is 17.0 Å². The van der Waals surface area contributed by atoms with Crippen molar-refractivity contribution in [3.05, 3.63) is 46.9 Å². The summed E-state index contributed by atoms with van der Waals surface area (Å²) in [6, 6.07) is 6.51. The average molecular weight is 349 g/mol. The molecule has 1 amide bonds. The summed E-state index contributed by atoms with van der Waals surface area (Å²) in [5, 5.41) is 2.90. The summed E-state index contributed by atoms with van der Waals surface area (Å²) in [6.45, 7) is 5.39. The van der Waals surface area contributed by atoms with Gasteiger partial charge in [-0.3, -0.25) is 4.79 Å². The zero-order chi connectivity index (χ0) is 17.9. The van der Waals surface area contributed by atoms with Crippen molar-refractivity contribution >= 4 is 35.0 Å². The lowest BCUT2D eigenvalue weighted by atomic mass is 10.1. The molecule has 0 spiro atoms. The lowest BCUT2D eigenvalue weighted by molar-refractivity contribution is 0.00695. The van der Waals surface area contributed by atoms with Gasteiger partial charge in [-0.25, -0.2) is 9.78 Å². The third-order valence-corrected chi connectivity index (χ3v) is 2.99. The van der Waals surface area contributed by atoms with Crippen LogP contribution in [0.3, 0.4) is 0 Å². The minimum atomic E-state index is -0.681. The highest BCUT2D eigenvalue weighted by Crippen LogP contribution is 2.21. The smallest absolute Gasteiger partial charge is 0.338 e. The Bertz CT molecular complexity index is 770. The summed E-state index contributed by atoms with van der Waals surface area (Å²) in [7, 11) is 0. The second kappa shape index (κ2) is 6.84. The minimum absolute atomic E-state index is 0.0205. The molecule has 2 rings (SSSR count). The molecule has 126 valence electrons. The van der Waals surface area contributed by atoms with Gasteiger partial charge in [0.05, 0.1) is 5.56 Å². The fourth-order valence-corrected chi connectivity index (χ4v) is 1.93. The van der Waals surface area contributed by atoms with Crippen LogP contribution in [-0.2, 0) is 4.74 Å². The lowest BCUT2D eigenvalue weighted by Gasteiger charge is -2.19. The second-order valence-corrected chi connectivity index (χ2v) is 6.31. The number of amides is 1. The number of carbonyl (C=O) groups excluding carboxylic acids is 2. The molecule has 8 heteroatoms. The van der Waals surface area contributed by atoms with Crippen molar-refractivity contribution in [1.29, 1.82) is 0 Å². The monoisotopic (exact) mass is 348 g/mol. The van der Waals surface area contributed by atoms with Crippen LogP contribution in [0.1, 0.15) is 41.5 Å². The van der Waals surface area contributed by atoms with Crippen molar-refractivity contribution in [2.75, 3.05) is 5.32 Å². The van der Waals surface area contributed by atoms with Crippen LogP contribution in [-0.4, -0.2) is 27.4 Å². The van der Waals surface area contributed by atoms with Crippen LogP contribution < -0.4 is 11.1 Å². The quantitative estimate of drug-likeness (QED) is 0.649. The molecule has 0 aliphatic carbocycles. The van der Waals surface area contributed by atoms with E-state index in [4.69, 9.17) is 22.1 Å². The summed E-state index contributed by atoms with van der Waals surface area (Å²) in [5.41, 5.74) is 5.82. The van der Waals surface area contributed by atoms with E-state index in [0.717, 1.165) is 0 Å². The van der Waals surface area contributed by atoms with E-state index in [1.54, 1.807) is 45.0 Å². The Morgan fingerprint density at radius 1 is 1.21 bits per heavy atom. The van der Waals surface area contributed by atoms with Gasteiger partial charge in [0.15, 0.2) is 0 Å². The molecule has 0 unspecified atom stereocenters. The molecule has 0 aliphatic heterocycles. The lowest BCUT2D eigenvalue weighted by Crippen LogP contribution is -2.23. The van der Waals surface area contributed by atoms with Gasteiger partial charge in [0, 0.05) is 11.9 Å². The first-order valence-electron chi connectivity index (χ1n) is 7.08. The van der Waals surface area contributed by atoms with Crippen LogP contribution in [0.25, 0.3) is 0 Å². The first kappa shape index (κ1) is 17.7. The molecular formula is C16H17ClN4O3. The van der Waals surface area contributed by atoms with Gasteiger partial charge in [0.25, 0.3) is 5.91 Å². The molecule has 1 heterocycles. The number of rotatable bonds is 4. The Balaban J connectivity index is 2.20. The normalized spacial score (nSPS) is 11.0. The van der Waals surface area contributed by atoms with Gasteiger partial charge in [-0.1, -0.05) is 0 Å². The molecule has 2 aromatic rings. The van der Waals surface area contributed by atoms with E-state index in [1.165, 1.54) is 6.20 Å². The molecule has 7 nitrogen and oxygen atoms in total. The SMILES string of the molecule is CC(C)(C)OC(=O)c1ccc(Nc2nc(Cl)ncc2C(N)=O)cc1. The van der Waals surface area contributed by atoms with E-state index in [0.29, 0.717) is 11.3 Å². The van der Waals surface area contributed by atoms with E-state index in [1.807, 2.05) is 0 Å². The van der Waals surface area contributed by atoms with E-state index in [2.05, 4.69) is 15.3 Å². The number of nitrogens with zero attached hydrogens (tertiary/aromatic N) is 2. The number of nitrogens with one attached hydrogen (secondary N) is 1. The molecule has 0 saturated heterocycles. The number of carbonyl (C=O) groups is 2. The van der Waals surface area contributed by atoms with Crippen LogP contribution >= 0.6 is 11.6 Å². The van der Waals surface area contributed by atoms with Crippen LogP contribution in [0.15, 0.2) is 30.5 Å². The Hall–Kier alpha value is -2.67. The Morgan fingerprint density at radius 3 is 2.38 bits per heavy atom. The highest BCUT2D eigenvalue weighted by Gasteiger charge is 2.18. The van der Waals surface area contributed by atoms with E-state index in [-0.39, 0.29) is 16.7 Å². The number of aromatic nitrogens is 2. The molecule has 0 fully saturated rings. The molecule has 1 aromatic heterocycles. The first-order chi connectivity index (χ1) is 11.2. The number of primary amides is 1. The van der Waals surface area contributed by atoms with Crippen molar-refractivity contribution in [1.82, 2.24) is 9.97 Å². The number of nitrogens with two attached hydrogens (primary N) is 1. The van der Waals surface area contributed by atoms with Crippen molar-refractivity contribution in [3.63, 3.8) is 0 Å². The van der Waals surface area contributed by atoms with Gasteiger partial charge in [-0.15, -0.1) is 0 Å². The number of ether oxygens (including phenoxy) is 1. The van der Waals surface area contributed by atoms with Crippen LogP contribution in [0.5, 0.6) is 0 Å². The van der Waals surface area contributed by atoms with Crippen molar-refractivity contribution in [2.24, 2.45) is 5.73 Å².